The molecule has 4 saturated carbocycles. The summed E-state index contributed by atoms with van der Waals surface area (Å²) in [6.07, 6.45) is 18.5. The zero-order chi connectivity index (χ0) is 20.1. The Balaban J connectivity index is 1.56. The molecule has 156 valence electrons. The molecule has 1 N–H and O–H groups in total. The van der Waals surface area contributed by atoms with Gasteiger partial charge in [-0.15, -0.1) is 0 Å². The van der Waals surface area contributed by atoms with E-state index >= 15 is 0 Å². The van der Waals surface area contributed by atoms with Crippen molar-refractivity contribution in [2.24, 2.45) is 40.4 Å². The minimum absolute atomic E-state index is 0.0464. The third kappa shape index (κ3) is 3.26. The van der Waals surface area contributed by atoms with Crippen LogP contribution in [-0.2, 0) is 0 Å². The second-order valence-electron chi connectivity index (χ2n) is 11.4. The Bertz CT molecular complexity index is 672. The topological polar surface area (TPSA) is 20.2 Å². The number of aliphatic hydroxyl groups excluding tert-OH is 1. The first-order valence-corrected chi connectivity index (χ1v) is 11.9. The van der Waals surface area contributed by atoms with Gasteiger partial charge in [0.05, 0.1) is 6.10 Å². The quantitative estimate of drug-likeness (QED) is 0.517. The van der Waals surface area contributed by atoms with Gasteiger partial charge in [-0.2, -0.15) is 0 Å². The number of allylic oxidation sites excluding steroid dienone is 5. The van der Waals surface area contributed by atoms with Gasteiger partial charge in [0, 0.05) is 0 Å². The van der Waals surface area contributed by atoms with E-state index in [9.17, 15) is 5.11 Å². The molecule has 0 aliphatic heterocycles. The van der Waals surface area contributed by atoms with Gasteiger partial charge in [0.2, 0.25) is 0 Å². The maximum absolute atomic E-state index is 10.5. The molecule has 8 atom stereocenters. The highest BCUT2D eigenvalue weighted by molar-refractivity contribution is 5.24. The highest BCUT2D eigenvalue weighted by Gasteiger charge is 2.60. The fourth-order valence-electron chi connectivity index (χ4n) is 8.56. The first-order valence-electron chi connectivity index (χ1n) is 11.9. The molecule has 0 bridgehead atoms. The van der Waals surface area contributed by atoms with Gasteiger partial charge < -0.3 is 5.11 Å². The predicted octanol–water partition coefficient (Wildman–Crippen LogP) is 7.08. The van der Waals surface area contributed by atoms with Gasteiger partial charge in [0.15, 0.2) is 0 Å². The van der Waals surface area contributed by atoms with Gasteiger partial charge in [-0.05, 0) is 112 Å². The zero-order valence-corrected chi connectivity index (χ0v) is 18.7. The van der Waals surface area contributed by atoms with E-state index in [-0.39, 0.29) is 6.10 Å². The van der Waals surface area contributed by atoms with Gasteiger partial charge in [-0.3, -0.25) is 0 Å². The summed E-state index contributed by atoms with van der Waals surface area (Å²) < 4.78 is 0. The van der Waals surface area contributed by atoms with E-state index in [1.54, 1.807) is 5.57 Å². The molecular weight excluding hydrogens is 340 g/mol. The molecule has 0 amide bonds. The van der Waals surface area contributed by atoms with E-state index in [4.69, 9.17) is 0 Å². The van der Waals surface area contributed by atoms with E-state index in [1.165, 1.54) is 44.9 Å². The Morgan fingerprint density at radius 3 is 2.39 bits per heavy atom. The standard InChI is InChI=1S/C27H42O/c1-18(2)7-6-8-19(3)23-13-14-24-22-12-10-20-9-11-21(28)17-27(20,5)25(22)15-16-26(23,24)4/h6-8,20-25,28H,1,9-17H2,2-5H3/t20?,21?,22-,23+,24-,25-,26+,27-/m0/s1. The van der Waals surface area contributed by atoms with Crippen LogP contribution in [0.3, 0.4) is 0 Å². The fraction of sp³-hybridized carbons (Fsp3) is 0.778. The number of hydrogen-bond donors (Lipinski definition) is 1. The minimum Gasteiger partial charge on any atom is -0.393 e. The molecule has 0 heterocycles. The van der Waals surface area contributed by atoms with E-state index in [0.29, 0.717) is 10.8 Å². The van der Waals surface area contributed by atoms with Crippen LogP contribution in [0.5, 0.6) is 0 Å². The number of rotatable bonds is 3. The van der Waals surface area contributed by atoms with Crippen LogP contribution in [0.1, 0.15) is 85.5 Å². The van der Waals surface area contributed by atoms with Gasteiger partial charge in [0.1, 0.15) is 0 Å². The van der Waals surface area contributed by atoms with E-state index < -0.39 is 0 Å². The third-order valence-corrected chi connectivity index (χ3v) is 9.88. The molecule has 4 aliphatic carbocycles. The first kappa shape index (κ1) is 20.5. The van der Waals surface area contributed by atoms with Crippen LogP contribution in [0.2, 0.25) is 0 Å². The molecule has 4 aliphatic rings. The van der Waals surface area contributed by atoms with Crippen LogP contribution in [0, 0.1) is 40.4 Å². The first-order chi connectivity index (χ1) is 13.3. The lowest BCUT2D eigenvalue weighted by molar-refractivity contribution is -0.128. The third-order valence-electron chi connectivity index (χ3n) is 9.88. The van der Waals surface area contributed by atoms with Crippen LogP contribution in [-0.4, -0.2) is 11.2 Å². The molecule has 0 spiro atoms. The van der Waals surface area contributed by atoms with Crippen molar-refractivity contribution in [3.05, 3.63) is 36.0 Å². The van der Waals surface area contributed by atoms with Crippen molar-refractivity contribution < 1.29 is 5.11 Å². The Hall–Kier alpha value is -0.820. The summed E-state index contributed by atoms with van der Waals surface area (Å²) in [5.74, 6) is 4.25. The second kappa shape index (κ2) is 7.46. The van der Waals surface area contributed by atoms with Crippen LogP contribution >= 0.6 is 0 Å². The summed E-state index contributed by atoms with van der Waals surface area (Å²) in [5.41, 5.74) is 3.58. The van der Waals surface area contributed by atoms with Crippen molar-refractivity contribution in [2.45, 2.75) is 91.6 Å². The predicted molar refractivity (Wildman–Crippen MR) is 119 cm³/mol. The Labute approximate surface area is 173 Å². The van der Waals surface area contributed by atoms with Crippen LogP contribution < -0.4 is 0 Å². The van der Waals surface area contributed by atoms with Crippen molar-refractivity contribution in [1.82, 2.24) is 0 Å². The van der Waals surface area contributed by atoms with Gasteiger partial charge >= 0.3 is 0 Å². The van der Waals surface area contributed by atoms with Crippen LogP contribution in [0.25, 0.3) is 0 Å². The Morgan fingerprint density at radius 2 is 1.64 bits per heavy atom. The van der Waals surface area contributed by atoms with Crippen molar-refractivity contribution in [3.8, 4) is 0 Å². The van der Waals surface area contributed by atoms with Crippen molar-refractivity contribution >= 4 is 0 Å². The highest BCUT2D eigenvalue weighted by Crippen LogP contribution is 2.68. The number of fused-ring (bicyclic) bond motifs is 5. The van der Waals surface area contributed by atoms with E-state index in [0.717, 1.165) is 48.0 Å². The lowest BCUT2D eigenvalue weighted by Gasteiger charge is -2.61. The van der Waals surface area contributed by atoms with Crippen molar-refractivity contribution in [3.63, 3.8) is 0 Å². The molecule has 4 rings (SSSR count). The summed E-state index contributed by atoms with van der Waals surface area (Å²) >= 11 is 0. The summed E-state index contributed by atoms with van der Waals surface area (Å²) in [6.45, 7) is 13.6. The van der Waals surface area contributed by atoms with Crippen LogP contribution in [0.4, 0.5) is 0 Å². The molecule has 0 saturated heterocycles. The average molecular weight is 383 g/mol. The average Bonchev–Trinajstić information content (AvgIpc) is 2.98. The molecule has 4 fully saturated rings. The summed E-state index contributed by atoms with van der Waals surface area (Å²) in [6, 6.07) is 0. The molecule has 0 radical (unpaired) electrons. The van der Waals surface area contributed by atoms with Crippen molar-refractivity contribution in [1.29, 1.82) is 0 Å². The SMILES string of the molecule is C=C(C)C=CC=C(C)[C@H]1CC[C@H]2[C@@H]3CCC4CCC(O)C[C@]4(C)[C@H]3CC[C@]12C. The molecule has 0 aromatic rings. The molecule has 0 aromatic heterocycles. The van der Waals surface area contributed by atoms with Gasteiger partial charge in [-0.25, -0.2) is 0 Å². The summed E-state index contributed by atoms with van der Waals surface area (Å²) in [4.78, 5) is 0. The lowest BCUT2D eigenvalue weighted by Crippen LogP contribution is -2.54. The monoisotopic (exact) mass is 382 g/mol. The molecule has 1 heteroatoms. The molecule has 2 unspecified atom stereocenters. The smallest absolute Gasteiger partial charge is 0.0545 e. The van der Waals surface area contributed by atoms with Crippen LogP contribution in [0.15, 0.2) is 36.0 Å². The highest BCUT2D eigenvalue weighted by atomic mass is 16.3. The molecule has 0 aromatic carbocycles. The Kier molecular flexibility index (Phi) is 5.45. The van der Waals surface area contributed by atoms with Crippen molar-refractivity contribution in [2.75, 3.05) is 0 Å². The Morgan fingerprint density at radius 1 is 0.929 bits per heavy atom. The maximum Gasteiger partial charge on any atom is 0.0545 e. The molecular formula is C27H42O. The fourth-order valence-corrected chi connectivity index (χ4v) is 8.56. The second-order valence-corrected chi connectivity index (χ2v) is 11.4. The molecule has 28 heavy (non-hydrogen) atoms. The lowest BCUT2D eigenvalue weighted by atomic mass is 9.44. The molecule has 1 nitrogen and oxygen atoms in total. The minimum atomic E-state index is -0.0464. The number of hydrogen-bond acceptors (Lipinski definition) is 1. The number of aliphatic hydroxyl groups is 1. The zero-order valence-electron chi connectivity index (χ0n) is 18.7. The largest absolute Gasteiger partial charge is 0.393 e. The van der Waals surface area contributed by atoms with E-state index in [1.807, 2.05) is 0 Å². The summed E-state index contributed by atoms with van der Waals surface area (Å²) in [5, 5.41) is 10.5. The van der Waals surface area contributed by atoms with E-state index in [2.05, 4.69) is 52.5 Å². The van der Waals surface area contributed by atoms with Gasteiger partial charge in [-0.1, -0.05) is 49.8 Å². The summed E-state index contributed by atoms with van der Waals surface area (Å²) in [7, 11) is 0. The van der Waals surface area contributed by atoms with Gasteiger partial charge in [0.25, 0.3) is 0 Å². The maximum atomic E-state index is 10.5. The normalized spacial score (nSPS) is 48.8.